The minimum Gasteiger partial charge on any atom is -0.467 e. The van der Waals surface area contributed by atoms with Crippen molar-refractivity contribution in [2.24, 2.45) is 39.9 Å². The molecule has 0 bridgehead atoms. The number of hydrogen-bond donors (Lipinski definition) is 9. The number of aliphatic imine (C=N–C) groups is 1. The zero-order valence-corrected chi connectivity index (χ0v) is 28.3. The van der Waals surface area contributed by atoms with Crippen LogP contribution in [0.4, 0.5) is 0 Å². The number of amides is 1. The van der Waals surface area contributed by atoms with Gasteiger partial charge in [0, 0.05) is 25.8 Å². The molecule has 2 aliphatic heterocycles. The summed E-state index contributed by atoms with van der Waals surface area (Å²) in [4.78, 5) is 30.3. The maximum Gasteiger partial charge on any atom is 0.328 e. The Morgan fingerprint density at radius 3 is 2.36 bits per heavy atom. The largest absolute Gasteiger partial charge is 0.467 e. The van der Waals surface area contributed by atoms with Crippen LogP contribution in [0.3, 0.4) is 0 Å². The van der Waals surface area contributed by atoms with Gasteiger partial charge in [-0.1, -0.05) is 39.8 Å². The van der Waals surface area contributed by atoms with E-state index in [9.17, 15) is 35.1 Å². The lowest BCUT2D eigenvalue weighted by Gasteiger charge is -2.46. The van der Waals surface area contributed by atoms with Crippen LogP contribution in [0.1, 0.15) is 66.7 Å². The summed E-state index contributed by atoms with van der Waals surface area (Å²) in [7, 11) is 1.18. The standard InChI is InChI=1S/C31H57N5O11/c1-15(2)9-10-18(46-29-26(40)24(32)25(39)17(5)45-29)12-22-23(21(38)14-31(43,47-22)13-20(37)16(3)4)27(41)36-19(28(42)44-6)8-7-11-35-30(33)34/h9-10,15-26,29,37-40,43H,7-8,11-14,32H2,1-6H3,(H,36,41)(H4,33,34,35)/b10-9+/t17?,18-,19+,20+,21-,22-,23+,24?,25?,26?,29?,31+/m0/s1. The van der Waals surface area contributed by atoms with E-state index >= 15 is 0 Å². The van der Waals surface area contributed by atoms with Gasteiger partial charge in [0.05, 0.1) is 55.7 Å². The van der Waals surface area contributed by atoms with Crippen molar-refractivity contribution in [3.8, 4) is 0 Å². The fraction of sp³-hybridized carbons (Fsp3) is 0.839. The van der Waals surface area contributed by atoms with Crippen LogP contribution in [0, 0.1) is 17.8 Å². The van der Waals surface area contributed by atoms with Gasteiger partial charge in [-0.3, -0.25) is 9.79 Å². The molecule has 0 aromatic carbocycles. The van der Waals surface area contributed by atoms with E-state index in [4.69, 9.17) is 36.1 Å². The monoisotopic (exact) mass is 675 g/mol. The Bertz CT molecular complexity index is 1060. The molecule has 272 valence electrons. The zero-order chi connectivity index (χ0) is 35.6. The van der Waals surface area contributed by atoms with Gasteiger partial charge in [-0.2, -0.15) is 0 Å². The molecule has 16 heteroatoms. The maximum atomic E-state index is 13.8. The average Bonchev–Trinajstić information content (AvgIpc) is 2.97. The molecular formula is C31H57N5O11. The van der Waals surface area contributed by atoms with Gasteiger partial charge in [0.25, 0.3) is 0 Å². The fourth-order valence-corrected chi connectivity index (χ4v) is 5.61. The zero-order valence-electron chi connectivity index (χ0n) is 28.3. The highest BCUT2D eigenvalue weighted by Gasteiger charge is 2.51. The number of hydrogen-bond acceptors (Lipinski definition) is 13. The number of allylic oxidation sites excluding steroid dienone is 1. The van der Waals surface area contributed by atoms with Gasteiger partial charge < -0.3 is 67.0 Å². The van der Waals surface area contributed by atoms with E-state index in [-0.39, 0.29) is 43.6 Å². The number of nitrogens with zero attached hydrogens (tertiary/aromatic N) is 1. The summed E-state index contributed by atoms with van der Waals surface area (Å²) in [6.07, 6.45) is -5.96. The molecule has 0 aromatic rings. The first-order valence-electron chi connectivity index (χ1n) is 16.2. The van der Waals surface area contributed by atoms with Crippen molar-refractivity contribution in [2.45, 2.75) is 134 Å². The van der Waals surface area contributed by atoms with Crippen LogP contribution in [-0.4, -0.2) is 124 Å². The summed E-state index contributed by atoms with van der Waals surface area (Å²) in [6.45, 7) is 9.17. The molecule has 0 aliphatic carbocycles. The van der Waals surface area contributed by atoms with E-state index in [1.54, 1.807) is 26.8 Å². The summed E-state index contributed by atoms with van der Waals surface area (Å²) in [5.74, 6) is -5.08. The van der Waals surface area contributed by atoms with Crippen LogP contribution >= 0.6 is 0 Å². The Labute approximate surface area is 276 Å². The number of carbonyl (C=O) groups is 2. The predicted molar refractivity (Wildman–Crippen MR) is 171 cm³/mol. The molecule has 2 fully saturated rings. The minimum absolute atomic E-state index is 0.0659. The SMILES string of the molecule is COC(=O)[C@@H](CCCN=C(N)N)NC(=O)[C@H]1[C@H](C[C@H](/C=C/C(C)C)OC2OC(C)C(O)C(N)C2O)O[C@](O)(C[C@@H](O)C(C)C)C[C@@H]1O. The molecule has 16 nitrogen and oxygen atoms in total. The van der Waals surface area contributed by atoms with E-state index < -0.39 is 91.1 Å². The van der Waals surface area contributed by atoms with Crippen LogP contribution in [-0.2, 0) is 28.5 Å². The van der Waals surface area contributed by atoms with Gasteiger partial charge in [0.15, 0.2) is 18.0 Å². The van der Waals surface area contributed by atoms with Crippen molar-refractivity contribution < 1.29 is 54.1 Å². The highest BCUT2D eigenvalue weighted by atomic mass is 16.7. The van der Waals surface area contributed by atoms with Gasteiger partial charge in [-0.25, -0.2) is 4.79 Å². The molecule has 0 aromatic heterocycles. The number of guanidine groups is 1. The first-order valence-corrected chi connectivity index (χ1v) is 16.2. The molecule has 0 radical (unpaired) electrons. The molecule has 12 N–H and O–H groups in total. The van der Waals surface area contributed by atoms with Crippen molar-refractivity contribution >= 4 is 17.8 Å². The quantitative estimate of drug-likeness (QED) is 0.0291. The predicted octanol–water partition coefficient (Wildman–Crippen LogP) is -1.66. The number of aliphatic hydroxyl groups is 5. The number of methoxy groups -OCH3 is 1. The average molecular weight is 676 g/mol. The number of carbonyl (C=O) groups excluding carboxylic acids is 2. The molecular weight excluding hydrogens is 618 g/mol. The van der Waals surface area contributed by atoms with Gasteiger partial charge in [0.2, 0.25) is 5.91 Å². The summed E-state index contributed by atoms with van der Waals surface area (Å²) in [6, 6.07) is -2.17. The number of aliphatic hydroxyl groups excluding tert-OH is 4. The number of ether oxygens (including phenoxy) is 4. The number of esters is 1. The van der Waals surface area contributed by atoms with E-state index in [1.807, 2.05) is 19.9 Å². The highest BCUT2D eigenvalue weighted by Crippen LogP contribution is 2.38. The molecule has 12 atom stereocenters. The Hall–Kier alpha value is -2.41. The van der Waals surface area contributed by atoms with E-state index in [1.165, 1.54) is 7.11 Å². The molecule has 2 rings (SSSR count). The Kier molecular flexibility index (Phi) is 15.9. The normalized spacial score (nSPS) is 33.4. The lowest BCUT2D eigenvalue weighted by atomic mass is 9.81. The van der Waals surface area contributed by atoms with E-state index in [2.05, 4.69) is 10.3 Å². The van der Waals surface area contributed by atoms with Crippen LogP contribution in [0.25, 0.3) is 0 Å². The third kappa shape index (κ3) is 12.2. The molecule has 2 aliphatic rings. The van der Waals surface area contributed by atoms with Gasteiger partial charge >= 0.3 is 5.97 Å². The van der Waals surface area contributed by atoms with Crippen molar-refractivity contribution in [1.29, 1.82) is 0 Å². The molecule has 5 unspecified atom stereocenters. The fourth-order valence-electron chi connectivity index (χ4n) is 5.61. The van der Waals surface area contributed by atoms with Crippen molar-refractivity contribution in [1.82, 2.24) is 5.32 Å². The molecule has 1 amide bonds. The molecule has 0 saturated carbocycles. The highest BCUT2D eigenvalue weighted by molar-refractivity contribution is 5.86. The molecule has 2 saturated heterocycles. The smallest absolute Gasteiger partial charge is 0.328 e. The first-order chi connectivity index (χ1) is 21.9. The van der Waals surface area contributed by atoms with Crippen LogP contribution in [0.2, 0.25) is 0 Å². The van der Waals surface area contributed by atoms with E-state index in [0.717, 1.165) is 0 Å². The first kappa shape index (κ1) is 40.8. The Balaban J connectivity index is 2.43. The molecule has 47 heavy (non-hydrogen) atoms. The number of nitrogens with one attached hydrogen (secondary N) is 1. The van der Waals surface area contributed by atoms with E-state index in [0.29, 0.717) is 6.42 Å². The molecule has 2 heterocycles. The number of nitrogens with two attached hydrogens (primary N) is 3. The second-order valence-corrected chi connectivity index (χ2v) is 13.3. The lowest BCUT2D eigenvalue weighted by molar-refractivity contribution is -0.307. The summed E-state index contributed by atoms with van der Waals surface area (Å²) in [5.41, 5.74) is 16.8. The van der Waals surface area contributed by atoms with Gasteiger partial charge in [-0.15, -0.1) is 0 Å². The van der Waals surface area contributed by atoms with Crippen molar-refractivity contribution in [3.63, 3.8) is 0 Å². The van der Waals surface area contributed by atoms with Crippen LogP contribution in [0.5, 0.6) is 0 Å². The Morgan fingerprint density at radius 2 is 1.79 bits per heavy atom. The maximum absolute atomic E-state index is 13.8. The third-order valence-corrected chi connectivity index (χ3v) is 8.44. The van der Waals surface area contributed by atoms with Crippen molar-refractivity contribution in [3.05, 3.63) is 12.2 Å². The lowest BCUT2D eigenvalue weighted by Crippen LogP contribution is -2.62. The topological polar surface area (TPSA) is 275 Å². The molecule has 0 spiro atoms. The van der Waals surface area contributed by atoms with Gasteiger partial charge in [-0.05, 0) is 31.6 Å². The number of rotatable bonds is 16. The van der Waals surface area contributed by atoms with Crippen LogP contribution in [0.15, 0.2) is 17.1 Å². The summed E-state index contributed by atoms with van der Waals surface area (Å²) < 4.78 is 22.9. The summed E-state index contributed by atoms with van der Waals surface area (Å²) >= 11 is 0. The second kappa shape index (κ2) is 18.4. The van der Waals surface area contributed by atoms with Crippen LogP contribution < -0.4 is 22.5 Å². The van der Waals surface area contributed by atoms with Crippen molar-refractivity contribution in [2.75, 3.05) is 13.7 Å². The third-order valence-electron chi connectivity index (χ3n) is 8.44. The summed E-state index contributed by atoms with van der Waals surface area (Å²) in [5, 5.41) is 57.1. The second-order valence-electron chi connectivity index (χ2n) is 13.3. The minimum atomic E-state index is -2.01. The Morgan fingerprint density at radius 1 is 1.13 bits per heavy atom. The van der Waals surface area contributed by atoms with Gasteiger partial charge in [0.1, 0.15) is 12.1 Å².